The molecule has 12 nitrogen and oxygen atoms in total. The van der Waals surface area contributed by atoms with Gasteiger partial charge in [-0.15, -0.1) is 5.10 Å². The molecule has 0 radical (unpaired) electrons. The maximum atomic E-state index is 13.5. The monoisotopic (exact) mass is 1020 g/mol. The Bertz CT molecular complexity index is 2860. The van der Waals surface area contributed by atoms with E-state index in [-0.39, 0.29) is 60.8 Å². The number of aryl methyl sites for hydroxylation is 3. The quantitative estimate of drug-likeness (QED) is 0.0538. The number of rotatable bonds is 20. The first-order valence-electron chi connectivity index (χ1n) is 24.7. The molecule has 0 saturated heterocycles. The summed E-state index contributed by atoms with van der Waals surface area (Å²) in [4.78, 5) is 13.4. The number of aromatic nitrogens is 3. The average molecular weight is 1020 g/mol. The fraction of sp³-hybridized carbons (Fsp3) is 0.411. The van der Waals surface area contributed by atoms with Gasteiger partial charge in [-0.2, -0.15) is 12.7 Å². The summed E-state index contributed by atoms with van der Waals surface area (Å²) >= 11 is 0. The van der Waals surface area contributed by atoms with Crippen LogP contribution in [0.1, 0.15) is 101 Å². The van der Waals surface area contributed by atoms with Gasteiger partial charge in [-0.1, -0.05) is 162 Å². The molecule has 1 unspecified atom stereocenters. The lowest BCUT2D eigenvalue weighted by atomic mass is 9.84. The van der Waals surface area contributed by atoms with Crippen LogP contribution in [0.5, 0.6) is 0 Å². The maximum Gasteiger partial charge on any atom is 0.388 e. The molecule has 7 rings (SSSR count). The first-order valence-corrected chi connectivity index (χ1v) is 30.9. The molecule has 1 aromatic heterocycles. The standard InChI is InChI=1S/C56H72N4O8SSi2/c1-12-64-52(61)37-50(44-29-28-41(2)45(36-44)38-59-34-33-53(67-69(59,62)63)65-39-43-22-16-13-17-23-43)49-30-31-51-54(42(49)3)57-58-60(51)35-32-46(40-66-70(10,11)55(4,5)6)68-71(56(7,8)9,47-24-18-14-19-25-47)48-26-20-15-21-27-48/h13-31,33,36,46,50H,12,32,34-35,37-40H2,1-11H3/t46-,50?/m1/s1. The molecule has 1 aliphatic heterocycles. The molecule has 6 aromatic rings. The fourth-order valence-corrected chi connectivity index (χ4v) is 15.8. The van der Waals surface area contributed by atoms with Gasteiger partial charge >= 0.3 is 16.3 Å². The molecule has 2 heterocycles. The van der Waals surface area contributed by atoms with Crippen molar-refractivity contribution in [2.75, 3.05) is 19.8 Å². The predicted molar refractivity (Wildman–Crippen MR) is 287 cm³/mol. The zero-order chi connectivity index (χ0) is 51.2. The van der Waals surface area contributed by atoms with Crippen LogP contribution in [0.3, 0.4) is 0 Å². The number of carbonyl (C=O) groups is 1. The number of ether oxygens (including phenoxy) is 2. The van der Waals surface area contributed by atoms with Gasteiger partial charge in [-0.3, -0.25) is 4.79 Å². The maximum absolute atomic E-state index is 13.5. The van der Waals surface area contributed by atoms with Crippen molar-refractivity contribution in [3.8, 4) is 0 Å². The Labute approximate surface area is 423 Å². The van der Waals surface area contributed by atoms with Crippen LogP contribution >= 0.6 is 0 Å². The first-order chi connectivity index (χ1) is 33.6. The molecule has 15 heteroatoms. The molecular formula is C56H72N4O8SSi2. The second-order valence-corrected chi connectivity index (χ2v) is 31.7. The van der Waals surface area contributed by atoms with E-state index in [4.69, 9.17) is 32.8 Å². The van der Waals surface area contributed by atoms with E-state index in [2.05, 4.69) is 121 Å². The summed E-state index contributed by atoms with van der Waals surface area (Å²) < 4.78 is 61.5. The lowest BCUT2D eigenvalue weighted by Crippen LogP contribution is -2.68. The lowest BCUT2D eigenvalue weighted by molar-refractivity contribution is -0.143. The molecule has 0 saturated carbocycles. The van der Waals surface area contributed by atoms with Crippen LogP contribution in [-0.2, 0) is 57.3 Å². The normalized spacial score (nSPS) is 15.5. The van der Waals surface area contributed by atoms with E-state index in [1.165, 1.54) is 14.7 Å². The number of fused-ring (bicyclic) bond motifs is 1. The number of carbonyl (C=O) groups excluding carboxylic acids is 1. The Kier molecular flexibility index (Phi) is 16.6. The highest BCUT2D eigenvalue weighted by Crippen LogP contribution is 2.41. The largest absolute Gasteiger partial charge is 0.466 e. The van der Waals surface area contributed by atoms with Gasteiger partial charge in [-0.05, 0) is 100 Å². The Morgan fingerprint density at radius 1 is 0.831 bits per heavy atom. The van der Waals surface area contributed by atoms with Crippen LogP contribution in [0.15, 0.2) is 133 Å². The number of esters is 1. The van der Waals surface area contributed by atoms with Gasteiger partial charge < -0.3 is 22.5 Å². The Balaban J connectivity index is 1.18. The van der Waals surface area contributed by atoms with Crippen molar-refractivity contribution in [1.29, 1.82) is 0 Å². The zero-order valence-electron chi connectivity index (χ0n) is 43.4. The van der Waals surface area contributed by atoms with Crippen LogP contribution < -0.4 is 10.4 Å². The highest BCUT2D eigenvalue weighted by Gasteiger charge is 2.52. The molecule has 2 atom stereocenters. The molecule has 5 aromatic carbocycles. The molecular weight excluding hydrogens is 945 g/mol. The summed E-state index contributed by atoms with van der Waals surface area (Å²) in [6.45, 7) is 25.6. The zero-order valence-corrected chi connectivity index (χ0v) is 46.2. The second-order valence-electron chi connectivity index (χ2n) is 21.1. The summed E-state index contributed by atoms with van der Waals surface area (Å²) in [5, 5.41) is 11.7. The van der Waals surface area contributed by atoms with Crippen LogP contribution in [0.2, 0.25) is 23.2 Å². The SMILES string of the molecule is CCOC(=O)CC(c1ccc(C)c(CN2CC=C(OCc3ccccc3)OS2(=O)=O)c1)c1ccc2c(nnn2CC[C@H](CO[Si](C)(C)C(C)(C)C)O[Si](c2ccccc2)(c2ccccc2)C(C)(C)C)c1C. The van der Waals surface area contributed by atoms with Crippen molar-refractivity contribution in [3.05, 3.63) is 167 Å². The van der Waals surface area contributed by atoms with Crippen molar-refractivity contribution < 1.29 is 35.7 Å². The smallest absolute Gasteiger partial charge is 0.388 e. The minimum absolute atomic E-state index is 0.0152. The molecule has 378 valence electrons. The van der Waals surface area contributed by atoms with Crippen molar-refractivity contribution in [1.82, 2.24) is 19.3 Å². The van der Waals surface area contributed by atoms with Gasteiger partial charge in [0.1, 0.15) is 12.1 Å². The van der Waals surface area contributed by atoms with E-state index in [0.29, 0.717) is 19.6 Å². The Hall–Kier alpha value is -5.43. The van der Waals surface area contributed by atoms with Crippen molar-refractivity contribution in [2.24, 2.45) is 0 Å². The van der Waals surface area contributed by atoms with Crippen LogP contribution in [0.25, 0.3) is 11.0 Å². The highest BCUT2D eigenvalue weighted by atomic mass is 32.2. The molecule has 0 amide bonds. The molecule has 71 heavy (non-hydrogen) atoms. The van der Waals surface area contributed by atoms with Crippen molar-refractivity contribution in [3.63, 3.8) is 0 Å². The fourth-order valence-electron chi connectivity index (χ4n) is 9.10. The van der Waals surface area contributed by atoms with E-state index < -0.39 is 32.9 Å². The Morgan fingerprint density at radius 3 is 2.06 bits per heavy atom. The molecule has 0 bridgehead atoms. The number of benzene rings is 5. The molecule has 0 fully saturated rings. The van der Waals surface area contributed by atoms with E-state index in [1.54, 1.807) is 13.0 Å². The third kappa shape index (κ3) is 12.3. The van der Waals surface area contributed by atoms with Crippen LogP contribution in [-0.4, -0.2) is 76.2 Å². The Morgan fingerprint density at radius 2 is 1.46 bits per heavy atom. The molecule has 0 aliphatic carbocycles. The average Bonchev–Trinajstić information content (AvgIpc) is 3.75. The molecule has 0 spiro atoms. The topological polar surface area (TPSA) is 131 Å². The van der Waals surface area contributed by atoms with Gasteiger partial charge in [0.05, 0.1) is 31.3 Å². The van der Waals surface area contributed by atoms with Gasteiger partial charge in [0.2, 0.25) is 0 Å². The third-order valence-electron chi connectivity index (χ3n) is 14.2. The summed E-state index contributed by atoms with van der Waals surface area (Å²) in [6.07, 6.45) is 2.07. The molecule has 0 N–H and O–H groups in total. The summed E-state index contributed by atoms with van der Waals surface area (Å²) in [5.41, 5.74) is 6.82. The van der Waals surface area contributed by atoms with E-state index in [1.807, 2.05) is 73.1 Å². The number of hydrogen-bond donors (Lipinski definition) is 0. The van der Waals surface area contributed by atoms with E-state index in [9.17, 15) is 13.2 Å². The van der Waals surface area contributed by atoms with Gasteiger partial charge in [0, 0.05) is 31.6 Å². The van der Waals surface area contributed by atoms with Gasteiger partial charge in [0.25, 0.3) is 14.3 Å². The van der Waals surface area contributed by atoms with E-state index in [0.717, 1.165) is 44.4 Å². The lowest BCUT2D eigenvalue weighted by Gasteiger charge is -2.46. The van der Waals surface area contributed by atoms with Gasteiger partial charge in [0.15, 0.2) is 8.32 Å². The minimum atomic E-state index is -4.16. The second kappa shape index (κ2) is 22.1. The van der Waals surface area contributed by atoms with E-state index >= 15 is 0 Å². The minimum Gasteiger partial charge on any atom is -0.466 e. The molecule has 1 aliphatic rings. The highest BCUT2D eigenvalue weighted by molar-refractivity contribution is 7.84. The number of hydrogen-bond acceptors (Lipinski definition) is 10. The number of nitrogens with zero attached hydrogens (tertiary/aromatic N) is 4. The van der Waals surface area contributed by atoms with Crippen molar-refractivity contribution in [2.45, 2.75) is 130 Å². The van der Waals surface area contributed by atoms with Crippen molar-refractivity contribution >= 4 is 54.3 Å². The van der Waals surface area contributed by atoms with Gasteiger partial charge in [-0.25, -0.2) is 4.68 Å². The summed E-state index contributed by atoms with van der Waals surface area (Å²) in [5.74, 6) is -0.811. The predicted octanol–water partition coefficient (Wildman–Crippen LogP) is 10.6. The summed E-state index contributed by atoms with van der Waals surface area (Å²) in [7, 11) is -9.28. The first kappa shape index (κ1) is 53.4. The summed E-state index contributed by atoms with van der Waals surface area (Å²) in [6, 6.07) is 41.0. The third-order valence-corrected chi connectivity index (χ3v) is 25.1. The van der Waals surface area contributed by atoms with Crippen LogP contribution in [0, 0.1) is 13.8 Å². The van der Waals surface area contributed by atoms with Crippen LogP contribution in [0.4, 0.5) is 0 Å².